The molecule has 1 unspecified atom stereocenters. The summed E-state index contributed by atoms with van der Waals surface area (Å²) in [7, 11) is 3.39. The topological polar surface area (TPSA) is 58.6 Å². The summed E-state index contributed by atoms with van der Waals surface area (Å²) >= 11 is 0. The van der Waals surface area contributed by atoms with E-state index in [0.29, 0.717) is 17.2 Å². The fourth-order valence-electron chi connectivity index (χ4n) is 2.62. The summed E-state index contributed by atoms with van der Waals surface area (Å²) < 4.78 is 5.64. The van der Waals surface area contributed by atoms with Gasteiger partial charge in [-0.25, -0.2) is 0 Å². The van der Waals surface area contributed by atoms with Gasteiger partial charge in [0.25, 0.3) is 11.8 Å². The van der Waals surface area contributed by atoms with Gasteiger partial charge in [-0.3, -0.25) is 9.59 Å². The van der Waals surface area contributed by atoms with Gasteiger partial charge in [0.2, 0.25) is 0 Å². The molecular weight excluding hydrogens is 340 g/mol. The minimum absolute atomic E-state index is 0.106. The standard InChI is InChI=1S/C22H28N2O3/c1-6-15(2)17-9-11-19(12-10-17)23-21(25)14-27-20-13-18(8-7-16(20)3)22(26)24(4)5/h7-13,15H,6,14H2,1-5H3,(H,23,25). The Morgan fingerprint density at radius 1 is 1.11 bits per heavy atom. The van der Waals surface area contributed by atoms with Gasteiger partial charge in [-0.1, -0.05) is 32.0 Å². The first-order chi connectivity index (χ1) is 12.8. The number of nitrogens with zero attached hydrogens (tertiary/aromatic N) is 1. The molecular formula is C22H28N2O3. The number of aryl methyl sites for hydroxylation is 1. The average molecular weight is 368 g/mol. The van der Waals surface area contributed by atoms with Crippen LogP contribution in [0.25, 0.3) is 0 Å². The first kappa shape index (κ1) is 20.5. The van der Waals surface area contributed by atoms with Gasteiger partial charge in [0.05, 0.1) is 0 Å². The van der Waals surface area contributed by atoms with E-state index in [-0.39, 0.29) is 18.4 Å². The van der Waals surface area contributed by atoms with Crippen LogP contribution in [0.3, 0.4) is 0 Å². The van der Waals surface area contributed by atoms with Gasteiger partial charge >= 0.3 is 0 Å². The Bertz CT molecular complexity index is 798. The van der Waals surface area contributed by atoms with E-state index in [0.717, 1.165) is 17.7 Å². The van der Waals surface area contributed by atoms with Crippen LogP contribution in [0.5, 0.6) is 5.75 Å². The van der Waals surface area contributed by atoms with Crippen LogP contribution in [0.1, 0.15) is 47.7 Å². The Morgan fingerprint density at radius 2 is 1.78 bits per heavy atom. The number of nitrogens with one attached hydrogen (secondary N) is 1. The lowest BCUT2D eigenvalue weighted by Gasteiger charge is -2.14. The van der Waals surface area contributed by atoms with Gasteiger partial charge in [-0.05, 0) is 54.7 Å². The highest BCUT2D eigenvalue weighted by Gasteiger charge is 2.12. The van der Waals surface area contributed by atoms with E-state index < -0.39 is 0 Å². The molecule has 0 saturated carbocycles. The summed E-state index contributed by atoms with van der Waals surface area (Å²) in [6, 6.07) is 13.1. The normalized spacial score (nSPS) is 11.6. The molecule has 2 rings (SSSR count). The molecule has 0 aliphatic rings. The Labute approximate surface area is 161 Å². The minimum atomic E-state index is -0.241. The molecule has 2 aromatic carbocycles. The lowest BCUT2D eigenvalue weighted by Crippen LogP contribution is -2.22. The monoisotopic (exact) mass is 368 g/mol. The molecule has 1 atom stereocenters. The van der Waals surface area contributed by atoms with Crippen molar-refractivity contribution in [1.29, 1.82) is 0 Å². The molecule has 2 aromatic rings. The van der Waals surface area contributed by atoms with Gasteiger partial charge in [0.1, 0.15) is 5.75 Å². The molecule has 5 heteroatoms. The SMILES string of the molecule is CCC(C)c1ccc(NC(=O)COc2cc(C(=O)N(C)C)ccc2C)cc1. The van der Waals surface area contributed by atoms with Crippen molar-refractivity contribution in [1.82, 2.24) is 4.90 Å². The molecule has 0 spiro atoms. The van der Waals surface area contributed by atoms with Gasteiger partial charge in [-0.15, -0.1) is 0 Å². The van der Waals surface area contributed by atoms with Crippen molar-refractivity contribution in [3.63, 3.8) is 0 Å². The Balaban J connectivity index is 1.97. The largest absolute Gasteiger partial charge is 0.483 e. The first-order valence-corrected chi connectivity index (χ1v) is 9.16. The molecule has 2 amide bonds. The lowest BCUT2D eigenvalue weighted by molar-refractivity contribution is -0.118. The van der Waals surface area contributed by atoms with E-state index in [4.69, 9.17) is 4.74 Å². The van der Waals surface area contributed by atoms with Crippen molar-refractivity contribution in [2.24, 2.45) is 0 Å². The minimum Gasteiger partial charge on any atom is -0.483 e. The van der Waals surface area contributed by atoms with E-state index in [2.05, 4.69) is 19.2 Å². The number of rotatable bonds is 7. The number of benzene rings is 2. The smallest absolute Gasteiger partial charge is 0.262 e. The number of anilines is 1. The Morgan fingerprint density at radius 3 is 2.37 bits per heavy atom. The van der Waals surface area contributed by atoms with Crippen LogP contribution in [0.4, 0.5) is 5.69 Å². The second kappa shape index (κ2) is 9.21. The van der Waals surface area contributed by atoms with Crippen molar-refractivity contribution < 1.29 is 14.3 Å². The molecule has 5 nitrogen and oxygen atoms in total. The molecule has 0 aliphatic heterocycles. The first-order valence-electron chi connectivity index (χ1n) is 9.16. The second-order valence-corrected chi connectivity index (χ2v) is 6.95. The Kier molecular flexibility index (Phi) is 6.99. The number of hydrogen-bond donors (Lipinski definition) is 1. The summed E-state index contributed by atoms with van der Waals surface area (Å²) in [6.07, 6.45) is 1.08. The number of carbonyl (C=O) groups is 2. The van der Waals surface area contributed by atoms with Crippen LogP contribution >= 0.6 is 0 Å². The van der Waals surface area contributed by atoms with E-state index in [1.807, 2.05) is 37.3 Å². The third-order valence-electron chi connectivity index (χ3n) is 4.58. The van der Waals surface area contributed by atoms with Gasteiger partial charge < -0.3 is 15.0 Å². The Hall–Kier alpha value is -2.82. The van der Waals surface area contributed by atoms with Crippen LogP contribution in [0.2, 0.25) is 0 Å². The molecule has 0 saturated heterocycles. The summed E-state index contributed by atoms with van der Waals surface area (Å²) in [5.41, 5.74) is 3.39. The zero-order valence-corrected chi connectivity index (χ0v) is 16.7. The summed E-state index contributed by atoms with van der Waals surface area (Å²) in [5.74, 6) is 0.684. The van der Waals surface area contributed by atoms with Crippen molar-refractivity contribution in [3.8, 4) is 5.75 Å². The van der Waals surface area contributed by atoms with E-state index >= 15 is 0 Å². The molecule has 0 bridgehead atoms. The molecule has 0 aliphatic carbocycles. The highest BCUT2D eigenvalue weighted by atomic mass is 16.5. The van der Waals surface area contributed by atoms with Crippen LogP contribution < -0.4 is 10.1 Å². The maximum absolute atomic E-state index is 12.2. The van der Waals surface area contributed by atoms with Gasteiger partial charge in [0, 0.05) is 25.3 Å². The summed E-state index contributed by atoms with van der Waals surface area (Å²) in [6.45, 7) is 6.10. The molecule has 27 heavy (non-hydrogen) atoms. The fraction of sp³-hybridized carbons (Fsp3) is 0.364. The predicted molar refractivity (Wildman–Crippen MR) is 108 cm³/mol. The fourth-order valence-corrected chi connectivity index (χ4v) is 2.62. The van der Waals surface area contributed by atoms with Crippen molar-refractivity contribution in [3.05, 3.63) is 59.2 Å². The summed E-state index contributed by atoms with van der Waals surface area (Å²) in [4.78, 5) is 25.8. The van der Waals surface area contributed by atoms with Crippen molar-refractivity contribution in [2.75, 3.05) is 26.0 Å². The number of hydrogen-bond acceptors (Lipinski definition) is 3. The molecule has 144 valence electrons. The quantitative estimate of drug-likeness (QED) is 0.796. The van der Waals surface area contributed by atoms with Crippen molar-refractivity contribution in [2.45, 2.75) is 33.1 Å². The van der Waals surface area contributed by atoms with E-state index in [1.54, 1.807) is 26.2 Å². The number of ether oxygens (including phenoxy) is 1. The molecule has 0 radical (unpaired) electrons. The molecule has 0 aromatic heterocycles. The molecule has 0 fully saturated rings. The zero-order valence-electron chi connectivity index (χ0n) is 16.7. The third-order valence-corrected chi connectivity index (χ3v) is 4.58. The average Bonchev–Trinajstić information content (AvgIpc) is 2.66. The molecule has 0 heterocycles. The van der Waals surface area contributed by atoms with Gasteiger partial charge in [0.15, 0.2) is 6.61 Å². The zero-order chi connectivity index (χ0) is 20.0. The van der Waals surface area contributed by atoms with E-state index in [9.17, 15) is 9.59 Å². The second-order valence-electron chi connectivity index (χ2n) is 6.95. The summed E-state index contributed by atoms with van der Waals surface area (Å²) in [5, 5.41) is 2.83. The van der Waals surface area contributed by atoms with Crippen LogP contribution in [0, 0.1) is 6.92 Å². The number of carbonyl (C=O) groups excluding carboxylic acids is 2. The highest BCUT2D eigenvalue weighted by molar-refractivity contribution is 5.94. The maximum Gasteiger partial charge on any atom is 0.262 e. The van der Waals surface area contributed by atoms with Crippen LogP contribution in [-0.4, -0.2) is 37.4 Å². The van der Waals surface area contributed by atoms with Crippen LogP contribution in [0.15, 0.2) is 42.5 Å². The molecule has 1 N–H and O–H groups in total. The lowest BCUT2D eigenvalue weighted by atomic mass is 9.99. The van der Waals surface area contributed by atoms with Crippen molar-refractivity contribution >= 4 is 17.5 Å². The third kappa shape index (κ3) is 5.58. The number of amides is 2. The van der Waals surface area contributed by atoms with E-state index in [1.165, 1.54) is 10.5 Å². The maximum atomic E-state index is 12.2. The highest BCUT2D eigenvalue weighted by Crippen LogP contribution is 2.22. The predicted octanol–water partition coefficient (Wildman–Crippen LogP) is 4.23. The van der Waals surface area contributed by atoms with Gasteiger partial charge in [-0.2, -0.15) is 0 Å². The van der Waals surface area contributed by atoms with Crippen LogP contribution in [-0.2, 0) is 4.79 Å².